The fraction of sp³-hybridized carbons (Fsp3) is 0.0769. The van der Waals surface area contributed by atoms with E-state index in [0.29, 0.717) is 0 Å². The number of halogens is 1. The summed E-state index contributed by atoms with van der Waals surface area (Å²) in [4.78, 5) is 0. The number of aliphatic hydroxyl groups excluding tert-OH is 1. The van der Waals surface area contributed by atoms with Gasteiger partial charge in [-0.25, -0.2) is 0 Å². The van der Waals surface area contributed by atoms with E-state index < -0.39 is 0 Å². The van der Waals surface area contributed by atoms with Crippen molar-refractivity contribution in [3.63, 3.8) is 0 Å². The Balaban J connectivity index is 2.37. The van der Waals surface area contributed by atoms with E-state index in [1.54, 1.807) is 0 Å². The molecule has 76 valence electrons. The largest absolute Gasteiger partial charge is 0.392 e. The summed E-state index contributed by atoms with van der Waals surface area (Å²) in [7, 11) is 0. The summed E-state index contributed by atoms with van der Waals surface area (Å²) >= 11 is 2.31. The van der Waals surface area contributed by atoms with Crippen LogP contribution in [0.1, 0.15) is 5.56 Å². The molecular weight excluding hydrogens is 299 g/mol. The maximum atomic E-state index is 8.94. The molecule has 0 aliphatic rings. The zero-order chi connectivity index (χ0) is 10.7. The molecule has 0 saturated heterocycles. The molecule has 2 aromatic carbocycles. The van der Waals surface area contributed by atoms with Crippen molar-refractivity contribution < 1.29 is 5.11 Å². The Hall–Kier alpha value is -0.870. The van der Waals surface area contributed by atoms with Gasteiger partial charge in [-0.2, -0.15) is 0 Å². The number of hydrogen-bond donors (Lipinski definition) is 1. The van der Waals surface area contributed by atoms with E-state index in [2.05, 4.69) is 46.9 Å². The molecule has 0 unspecified atom stereocenters. The van der Waals surface area contributed by atoms with Gasteiger partial charge in [-0.1, -0.05) is 36.4 Å². The first-order chi connectivity index (χ1) is 7.29. The Bertz CT molecular complexity index is 448. The quantitative estimate of drug-likeness (QED) is 0.842. The molecule has 1 N–H and O–H groups in total. The van der Waals surface area contributed by atoms with Crippen molar-refractivity contribution in [2.45, 2.75) is 6.61 Å². The molecule has 0 aliphatic heterocycles. The highest BCUT2D eigenvalue weighted by atomic mass is 127. The van der Waals surface area contributed by atoms with Crippen molar-refractivity contribution in [1.29, 1.82) is 0 Å². The van der Waals surface area contributed by atoms with Crippen LogP contribution in [0.2, 0.25) is 0 Å². The van der Waals surface area contributed by atoms with Gasteiger partial charge in [0.2, 0.25) is 0 Å². The Labute approximate surface area is 103 Å². The summed E-state index contributed by atoms with van der Waals surface area (Å²) in [6.07, 6.45) is 0. The molecule has 0 bridgehead atoms. The van der Waals surface area contributed by atoms with Crippen LogP contribution in [0.25, 0.3) is 11.1 Å². The van der Waals surface area contributed by atoms with Gasteiger partial charge in [0, 0.05) is 3.57 Å². The predicted molar refractivity (Wildman–Crippen MR) is 70.5 cm³/mol. The van der Waals surface area contributed by atoms with Crippen LogP contribution >= 0.6 is 22.6 Å². The molecule has 0 atom stereocenters. The molecule has 0 aromatic heterocycles. The van der Waals surface area contributed by atoms with Crippen LogP contribution in [0.15, 0.2) is 48.5 Å². The normalized spacial score (nSPS) is 10.3. The molecule has 0 heterocycles. The fourth-order valence-electron chi connectivity index (χ4n) is 1.47. The smallest absolute Gasteiger partial charge is 0.0681 e. The van der Waals surface area contributed by atoms with E-state index in [1.807, 2.05) is 24.3 Å². The standard InChI is InChI=1S/C13H11IO/c14-13-3-1-2-12(8-13)11-6-4-10(9-15)5-7-11/h1-8,15H,9H2. The van der Waals surface area contributed by atoms with Gasteiger partial charge < -0.3 is 5.11 Å². The maximum Gasteiger partial charge on any atom is 0.0681 e. The second-order valence-corrected chi connectivity index (χ2v) is 4.61. The molecule has 0 saturated carbocycles. The summed E-state index contributed by atoms with van der Waals surface area (Å²) in [6.45, 7) is 0.104. The minimum absolute atomic E-state index is 0.104. The minimum atomic E-state index is 0.104. The maximum absolute atomic E-state index is 8.94. The van der Waals surface area contributed by atoms with Crippen molar-refractivity contribution in [2.24, 2.45) is 0 Å². The molecule has 0 spiro atoms. The monoisotopic (exact) mass is 310 g/mol. The van der Waals surface area contributed by atoms with Crippen LogP contribution in [0, 0.1) is 3.57 Å². The molecule has 15 heavy (non-hydrogen) atoms. The Morgan fingerprint density at radius 2 is 1.67 bits per heavy atom. The second-order valence-electron chi connectivity index (χ2n) is 3.37. The predicted octanol–water partition coefficient (Wildman–Crippen LogP) is 3.45. The highest BCUT2D eigenvalue weighted by Crippen LogP contribution is 2.21. The molecule has 0 amide bonds. The Kier molecular flexibility index (Phi) is 3.38. The molecule has 0 fully saturated rings. The van der Waals surface area contributed by atoms with E-state index in [4.69, 9.17) is 5.11 Å². The lowest BCUT2D eigenvalue weighted by molar-refractivity contribution is 0.282. The van der Waals surface area contributed by atoms with Crippen molar-refractivity contribution >= 4 is 22.6 Å². The van der Waals surface area contributed by atoms with E-state index in [1.165, 1.54) is 14.7 Å². The van der Waals surface area contributed by atoms with Crippen LogP contribution in [-0.2, 0) is 6.61 Å². The molecule has 1 nitrogen and oxygen atoms in total. The lowest BCUT2D eigenvalue weighted by Crippen LogP contribution is -1.83. The van der Waals surface area contributed by atoms with Crippen molar-refractivity contribution in [1.82, 2.24) is 0 Å². The molecular formula is C13H11IO. The first-order valence-corrected chi connectivity index (χ1v) is 5.83. The van der Waals surface area contributed by atoms with Gasteiger partial charge in [0.1, 0.15) is 0 Å². The number of benzene rings is 2. The van der Waals surface area contributed by atoms with E-state index in [9.17, 15) is 0 Å². The first kappa shape index (κ1) is 10.6. The number of hydrogen-bond acceptors (Lipinski definition) is 1. The lowest BCUT2D eigenvalue weighted by Gasteiger charge is -2.03. The van der Waals surface area contributed by atoms with E-state index >= 15 is 0 Å². The topological polar surface area (TPSA) is 20.2 Å². The van der Waals surface area contributed by atoms with Crippen molar-refractivity contribution in [3.8, 4) is 11.1 Å². The van der Waals surface area contributed by atoms with Crippen LogP contribution < -0.4 is 0 Å². The number of aliphatic hydroxyl groups is 1. The molecule has 2 heteroatoms. The van der Waals surface area contributed by atoms with Gasteiger partial charge in [-0.15, -0.1) is 0 Å². The van der Waals surface area contributed by atoms with Gasteiger partial charge in [-0.3, -0.25) is 0 Å². The summed E-state index contributed by atoms with van der Waals surface area (Å²) in [5.74, 6) is 0. The molecule has 2 rings (SSSR count). The van der Waals surface area contributed by atoms with Crippen molar-refractivity contribution in [3.05, 3.63) is 57.7 Å². The average Bonchev–Trinajstić information content (AvgIpc) is 2.29. The van der Waals surface area contributed by atoms with Crippen molar-refractivity contribution in [2.75, 3.05) is 0 Å². The third-order valence-electron chi connectivity index (χ3n) is 2.29. The van der Waals surface area contributed by atoms with E-state index in [0.717, 1.165) is 5.56 Å². The van der Waals surface area contributed by atoms with Crippen LogP contribution in [0.3, 0.4) is 0 Å². The van der Waals surface area contributed by atoms with E-state index in [-0.39, 0.29) is 6.61 Å². The average molecular weight is 310 g/mol. The Morgan fingerprint density at radius 1 is 0.933 bits per heavy atom. The summed E-state index contributed by atoms with van der Waals surface area (Å²) in [5.41, 5.74) is 3.35. The van der Waals surface area contributed by atoms with Crippen LogP contribution in [0.5, 0.6) is 0 Å². The van der Waals surface area contributed by atoms with Gasteiger partial charge in [-0.05, 0) is 51.4 Å². The highest BCUT2D eigenvalue weighted by Gasteiger charge is 1.97. The molecule has 0 radical (unpaired) electrons. The van der Waals surface area contributed by atoms with Gasteiger partial charge in [0.05, 0.1) is 6.61 Å². The summed E-state index contributed by atoms with van der Waals surface area (Å²) in [5, 5.41) is 8.94. The van der Waals surface area contributed by atoms with Crippen LogP contribution in [0.4, 0.5) is 0 Å². The fourth-order valence-corrected chi connectivity index (χ4v) is 2.01. The molecule has 0 aliphatic carbocycles. The first-order valence-electron chi connectivity index (χ1n) is 4.75. The highest BCUT2D eigenvalue weighted by molar-refractivity contribution is 14.1. The third kappa shape index (κ3) is 2.58. The SMILES string of the molecule is OCc1ccc(-c2cccc(I)c2)cc1. The van der Waals surface area contributed by atoms with Gasteiger partial charge in [0.25, 0.3) is 0 Å². The Morgan fingerprint density at radius 3 is 2.27 bits per heavy atom. The summed E-state index contributed by atoms with van der Waals surface area (Å²) < 4.78 is 1.23. The van der Waals surface area contributed by atoms with Gasteiger partial charge >= 0.3 is 0 Å². The number of rotatable bonds is 2. The minimum Gasteiger partial charge on any atom is -0.392 e. The van der Waals surface area contributed by atoms with Gasteiger partial charge in [0.15, 0.2) is 0 Å². The zero-order valence-electron chi connectivity index (χ0n) is 8.15. The second kappa shape index (κ2) is 4.77. The van der Waals surface area contributed by atoms with Crippen LogP contribution in [-0.4, -0.2) is 5.11 Å². The third-order valence-corrected chi connectivity index (χ3v) is 2.97. The summed E-state index contributed by atoms with van der Waals surface area (Å²) in [6, 6.07) is 16.4. The zero-order valence-corrected chi connectivity index (χ0v) is 10.3. The molecule has 2 aromatic rings. The lowest BCUT2D eigenvalue weighted by atomic mass is 10.0.